The summed E-state index contributed by atoms with van der Waals surface area (Å²) in [7, 11) is 0. The minimum Gasteiger partial charge on any atom is -0.436 e. The lowest BCUT2D eigenvalue weighted by atomic mass is 10.3. The van der Waals surface area contributed by atoms with Crippen molar-refractivity contribution < 1.29 is 9.13 Å². The van der Waals surface area contributed by atoms with Crippen LogP contribution in [0.4, 0.5) is 4.39 Å². The third-order valence-electron chi connectivity index (χ3n) is 2.26. The van der Waals surface area contributed by atoms with E-state index in [4.69, 9.17) is 10.6 Å². The van der Waals surface area contributed by atoms with E-state index in [1.807, 2.05) is 13.8 Å². The number of allylic oxidation sites excluding steroid dienone is 7. The molecular weight excluding hydrogens is 269 g/mol. The Labute approximate surface area is 126 Å². The summed E-state index contributed by atoms with van der Waals surface area (Å²) in [6.07, 6.45) is 11.9. The van der Waals surface area contributed by atoms with Gasteiger partial charge in [-0.1, -0.05) is 24.3 Å². The second kappa shape index (κ2) is 11.7. The number of aliphatic imine (C=N–C) groups is 1. The van der Waals surface area contributed by atoms with Crippen LogP contribution in [0.2, 0.25) is 0 Å². The first kappa shape index (κ1) is 18.9. The monoisotopic (exact) mass is 293 g/mol. The van der Waals surface area contributed by atoms with Gasteiger partial charge in [-0.2, -0.15) is 0 Å². The standard InChI is InChI=1S/C16H24FN3O/c1-5-8-11-14(17)15(9-6-2)21-16(10-7-3)19-12-13(4)20-18/h5-10,12,20H,11,18H2,1-4H3/b8-5-,9-6-,10-7+,13-12+,15-14-,19-16+. The Bertz CT molecular complexity index is 486. The molecule has 0 aliphatic heterocycles. The Kier molecular flexibility index (Phi) is 10.5. The van der Waals surface area contributed by atoms with Crippen molar-refractivity contribution in [1.82, 2.24) is 5.43 Å². The number of hydrogen-bond acceptors (Lipinski definition) is 4. The molecular formula is C16H24FN3O. The molecule has 0 aromatic rings. The first-order valence-electron chi connectivity index (χ1n) is 6.73. The zero-order valence-electron chi connectivity index (χ0n) is 13.1. The normalized spacial score (nSPS) is 15.1. The highest BCUT2D eigenvalue weighted by Gasteiger charge is 2.06. The molecule has 4 nitrogen and oxygen atoms in total. The second-order valence-corrected chi connectivity index (χ2v) is 4.07. The Morgan fingerprint density at radius 2 is 1.86 bits per heavy atom. The molecule has 5 heteroatoms. The molecule has 0 rings (SSSR count). The molecule has 0 radical (unpaired) electrons. The highest BCUT2D eigenvalue weighted by molar-refractivity contribution is 5.89. The molecule has 116 valence electrons. The molecule has 0 aliphatic carbocycles. The van der Waals surface area contributed by atoms with Gasteiger partial charge >= 0.3 is 0 Å². The van der Waals surface area contributed by atoms with Gasteiger partial charge in [-0.05, 0) is 39.8 Å². The van der Waals surface area contributed by atoms with E-state index in [0.29, 0.717) is 5.70 Å². The summed E-state index contributed by atoms with van der Waals surface area (Å²) < 4.78 is 19.6. The molecule has 21 heavy (non-hydrogen) atoms. The van der Waals surface area contributed by atoms with Gasteiger partial charge in [0.1, 0.15) is 5.83 Å². The van der Waals surface area contributed by atoms with Gasteiger partial charge in [0.05, 0.1) is 6.20 Å². The highest BCUT2D eigenvalue weighted by Crippen LogP contribution is 2.15. The Morgan fingerprint density at radius 1 is 1.19 bits per heavy atom. The first-order chi connectivity index (χ1) is 10.1. The van der Waals surface area contributed by atoms with Crippen LogP contribution >= 0.6 is 0 Å². The number of nitrogens with two attached hydrogens (primary N) is 1. The zero-order valence-corrected chi connectivity index (χ0v) is 13.1. The molecule has 0 saturated heterocycles. The van der Waals surface area contributed by atoms with Crippen LogP contribution in [0.1, 0.15) is 34.1 Å². The van der Waals surface area contributed by atoms with E-state index in [-0.39, 0.29) is 23.9 Å². The van der Waals surface area contributed by atoms with Gasteiger partial charge < -0.3 is 10.2 Å². The zero-order chi connectivity index (χ0) is 16.1. The van der Waals surface area contributed by atoms with Crippen molar-refractivity contribution in [1.29, 1.82) is 0 Å². The fraction of sp³-hybridized carbons (Fsp3) is 0.312. The molecule has 0 atom stereocenters. The van der Waals surface area contributed by atoms with Crippen molar-refractivity contribution in [3.05, 3.63) is 59.9 Å². The maximum Gasteiger partial charge on any atom is 0.219 e. The molecule has 0 aromatic heterocycles. The largest absolute Gasteiger partial charge is 0.436 e. The van der Waals surface area contributed by atoms with Crippen LogP contribution < -0.4 is 11.3 Å². The molecule has 0 aromatic carbocycles. The lowest BCUT2D eigenvalue weighted by Crippen LogP contribution is -2.18. The Hall–Kier alpha value is -2.14. The molecule has 0 fully saturated rings. The molecule has 0 saturated carbocycles. The van der Waals surface area contributed by atoms with Crippen molar-refractivity contribution in [3.63, 3.8) is 0 Å². The topological polar surface area (TPSA) is 59.6 Å². The first-order valence-corrected chi connectivity index (χ1v) is 6.73. The van der Waals surface area contributed by atoms with Crippen LogP contribution in [-0.2, 0) is 4.74 Å². The lowest BCUT2D eigenvalue weighted by Gasteiger charge is -2.07. The predicted octanol–water partition coefficient (Wildman–Crippen LogP) is 4.03. The molecule has 0 amide bonds. The summed E-state index contributed by atoms with van der Waals surface area (Å²) in [6, 6.07) is 0. The fourth-order valence-corrected chi connectivity index (χ4v) is 1.21. The molecule has 0 heterocycles. The Balaban J connectivity index is 5.34. The molecule has 0 aliphatic rings. The summed E-state index contributed by atoms with van der Waals surface area (Å²) in [5.74, 6) is 5.30. The van der Waals surface area contributed by atoms with E-state index in [0.717, 1.165) is 0 Å². The quantitative estimate of drug-likeness (QED) is 0.142. The van der Waals surface area contributed by atoms with Gasteiger partial charge in [-0.15, -0.1) is 0 Å². The molecule has 0 spiro atoms. The van der Waals surface area contributed by atoms with Gasteiger partial charge in [0.15, 0.2) is 5.76 Å². The van der Waals surface area contributed by atoms with Crippen LogP contribution in [0.3, 0.4) is 0 Å². The highest BCUT2D eigenvalue weighted by atomic mass is 19.1. The average molecular weight is 293 g/mol. The van der Waals surface area contributed by atoms with Crippen LogP contribution in [0, 0.1) is 0 Å². The van der Waals surface area contributed by atoms with Crippen molar-refractivity contribution in [2.24, 2.45) is 10.8 Å². The maximum atomic E-state index is 14.0. The van der Waals surface area contributed by atoms with Crippen LogP contribution in [0.5, 0.6) is 0 Å². The molecule has 3 N–H and O–H groups in total. The number of ether oxygens (including phenoxy) is 1. The molecule has 0 unspecified atom stereocenters. The SMILES string of the molecule is C/C=C\C/C(F)=C(\C=C/C)OC(/C=C/C)=N/C=C(\C)NN. The summed E-state index contributed by atoms with van der Waals surface area (Å²) in [5.41, 5.74) is 3.12. The summed E-state index contributed by atoms with van der Waals surface area (Å²) in [5, 5.41) is 0. The number of hydrogen-bond donors (Lipinski definition) is 2. The molecule has 0 bridgehead atoms. The second-order valence-electron chi connectivity index (χ2n) is 4.07. The number of nitrogens with one attached hydrogen (secondary N) is 1. The van der Waals surface area contributed by atoms with Gasteiger partial charge in [-0.3, -0.25) is 5.84 Å². The lowest BCUT2D eigenvalue weighted by molar-refractivity contribution is 0.403. The van der Waals surface area contributed by atoms with Crippen molar-refractivity contribution in [3.8, 4) is 0 Å². The smallest absolute Gasteiger partial charge is 0.219 e. The van der Waals surface area contributed by atoms with Gasteiger partial charge in [0.2, 0.25) is 5.90 Å². The van der Waals surface area contributed by atoms with E-state index in [1.165, 1.54) is 6.20 Å². The third kappa shape index (κ3) is 8.60. The minimum absolute atomic E-state index is 0.138. The predicted molar refractivity (Wildman–Crippen MR) is 86.8 cm³/mol. The van der Waals surface area contributed by atoms with E-state index >= 15 is 0 Å². The van der Waals surface area contributed by atoms with E-state index < -0.39 is 0 Å². The Morgan fingerprint density at radius 3 is 2.38 bits per heavy atom. The van der Waals surface area contributed by atoms with Gasteiger partial charge in [-0.25, -0.2) is 9.38 Å². The average Bonchev–Trinajstić information content (AvgIpc) is 2.49. The summed E-state index contributed by atoms with van der Waals surface area (Å²) in [4.78, 5) is 4.12. The van der Waals surface area contributed by atoms with Crippen molar-refractivity contribution in [2.45, 2.75) is 34.1 Å². The van der Waals surface area contributed by atoms with E-state index in [1.54, 1.807) is 50.3 Å². The number of hydrazine groups is 1. The summed E-state index contributed by atoms with van der Waals surface area (Å²) >= 11 is 0. The number of rotatable bonds is 7. The van der Waals surface area contributed by atoms with Gasteiger partial charge in [0, 0.05) is 12.1 Å². The van der Waals surface area contributed by atoms with Crippen LogP contribution in [0.25, 0.3) is 0 Å². The number of halogens is 1. The van der Waals surface area contributed by atoms with Gasteiger partial charge in [0.25, 0.3) is 0 Å². The summed E-state index contributed by atoms with van der Waals surface area (Å²) in [6.45, 7) is 7.21. The van der Waals surface area contributed by atoms with Crippen molar-refractivity contribution >= 4 is 5.90 Å². The van der Waals surface area contributed by atoms with Crippen LogP contribution in [-0.4, -0.2) is 5.90 Å². The third-order valence-corrected chi connectivity index (χ3v) is 2.26. The fourth-order valence-electron chi connectivity index (χ4n) is 1.21. The van der Waals surface area contributed by atoms with Crippen molar-refractivity contribution in [2.75, 3.05) is 0 Å². The van der Waals surface area contributed by atoms with E-state index in [9.17, 15) is 4.39 Å². The maximum absolute atomic E-state index is 14.0. The number of nitrogens with zero attached hydrogens (tertiary/aromatic N) is 1. The van der Waals surface area contributed by atoms with E-state index in [2.05, 4.69) is 10.4 Å². The minimum atomic E-state index is -0.360. The van der Waals surface area contributed by atoms with Crippen LogP contribution in [0.15, 0.2) is 64.9 Å².